The lowest BCUT2D eigenvalue weighted by Gasteiger charge is -2.07. The Morgan fingerprint density at radius 2 is 2.18 bits per heavy atom. The Labute approximate surface area is 104 Å². The molecule has 5 nitrogen and oxygen atoms in total. The molecule has 2 aromatic heterocycles. The molecule has 0 saturated carbocycles. The molecular formula is C11H15ClN4O. The van der Waals surface area contributed by atoms with Gasteiger partial charge in [-0.1, -0.05) is 18.5 Å². The Kier molecular flexibility index (Phi) is 3.31. The molecule has 2 atom stereocenters. The number of rotatable bonds is 3. The van der Waals surface area contributed by atoms with E-state index < -0.39 is 5.56 Å². The van der Waals surface area contributed by atoms with Crippen molar-refractivity contribution in [2.24, 2.45) is 0 Å². The number of nitrogens with zero attached hydrogens (tertiary/aromatic N) is 4. The van der Waals surface area contributed by atoms with Crippen LogP contribution in [0.3, 0.4) is 0 Å². The van der Waals surface area contributed by atoms with E-state index in [4.69, 9.17) is 16.7 Å². The average molecular weight is 255 g/mol. The van der Waals surface area contributed by atoms with E-state index in [9.17, 15) is 0 Å². The molecular weight excluding hydrogens is 240 g/mol. The van der Waals surface area contributed by atoms with Crippen molar-refractivity contribution < 1.29 is 5.11 Å². The Morgan fingerprint density at radius 3 is 2.76 bits per heavy atom. The smallest absolute Gasteiger partial charge is 0.177 e. The molecule has 17 heavy (non-hydrogen) atoms. The van der Waals surface area contributed by atoms with Crippen molar-refractivity contribution in [2.45, 2.75) is 38.7 Å². The van der Waals surface area contributed by atoms with Gasteiger partial charge >= 0.3 is 0 Å². The topological polar surface area (TPSA) is 63.3 Å². The number of halogens is 1. The Hall–Kier alpha value is -1.20. The van der Waals surface area contributed by atoms with Gasteiger partial charge in [0, 0.05) is 12.1 Å². The van der Waals surface area contributed by atoms with E-state index in [0.717, 1.165) is 17.0 Å². The third-order valence-electron chi connectivity index (χ3n) is 2.72. The first kappa shape index (κ1) is 12.3. The van der Waals surface area contributed by atoms with Crippen molar-refractivity contribution in [1.29, 1.82) is 0 Å². The predicted molar refractivity (Wildman–Crippen MR) is 65.1 cm³/mol. The molecule has 0 aromatic carbocycles. The van der Waals surface area contributed by atoms with E-state index >= 15 is 0 Å². The van der Waals surface area contributed by atoms with Crippen LogP contribution in [0.1, 0.15) is 36.5 Å². The lowest BCUT2D eigenvalue weighted by atomic mass is 10.1. The number of hydrogen-bond acceptors (Lipinski definition) is 4. The average Bonchev–Trinajstić information content (AvgIpc) is 2.68. The molecule has 6 heteroatoms. The summed E-state index contributed by atoms with van der Waals surface area (Å²) in [7, 11) is 0. The van der Waals surface area contributed by atoms with Gasteiger partial charge < -0.3 is 5.11 Å². The van der Waals surface area contributed by atoms with E-state index in [1.165, 1.54) is 0 Å². The first-order valence-corrected chi connectivity index (χ1v) is 5.93. The number of hydrogen-bond donors (Lipinski definition) is 1. The van der Waals surface area contributed by atoms with Crippen LogP contribution in [0, 0.1) is 13.8 Å². The zero-order valence-electron chi connectivity index (χ0n) is 10.1. The summed E-state index contributed by atoms with van der Waals surface area (Å²) in [6.07, 6.45) is 2.20. The summed E-state index contributed by atoms with van der Waals surface area (Å²) >= 11 is 5.56. The third kappa shape index (κ3) is 2.40. The molecule has 1 N–H and O–H groups in total. The molecule has 0 bridgehead atoms. The molecule has 2 unspecified atom stereocenters. The molecule has 0 spiro atoms. The first-order valence-electron chi connectivity index (χ1n) is 5.50. The van der Waals surface area contributed by atoms with Crippen LogP contribution >= 0.6 is 11.6 Å². The van der Waals surface area contributed by atoms with Crippen LogP contribution < -0.4 is 0 Å². The zero-order chi connectivity index (χ0) is 12.6. The maximum absolute atomic E-state index is 9.16. The first-order chi connectivity index (χ1) is 7.99. The minimum atomic E-state index is -0.864. The van der Waals surface area contributed by atoms with Crippen molar-refractivity contribution in [1.82, 2.24) is 19.6 Å². The second kappa shape index (κ2) is 4.58. The van der Waals surface area contributed by atoms with Crippen LogP contribution in [0.25, 0.3) is 5.65 Å². The Bertz CT molecular complexity index is 498. The fourth-order valence-corrected chi connectivity index (χ4v) is 1.98. The molecule has 0 radical (unpaired) electrons. The van der Waals surface area contributed by atoms with Gasteiger partial charge in [0.25, 0.3) is 0 Å². The minimum Gasteiger partial charge on any atom is -0.378 e. The minimum absolute atomic E-state index is 0.0150. The molecule has 0 aliphatic rings. The van der Waals surface area contributed by atoms with Crippen LogP contribution in [-0.2, 0) is 0 Å². The molecule has 0 saturated heterocycles. The summed E-state index contributed by atoms with van der Waals surface area (Å²) in [5.74, 6) is 0.699. The molecule has 92 valence electrons. The lowest BCUT2D eigenvalue weighted by Crippen LogP contribution is -2.05. The third-order valence-corrected chi connectivity index (χ3v) is 2.89. The number of aryl methyl sites for hydroxylation is 2. The van der Waals surface area contributed by atoms with Gasteiger partial charge in [0.1, 0.15) is 5.56 Å². The number of aliphatic hydroxyl groups excluding tert-OH is 1. The highest BCUT2D eigenvalue weighted by molar-refractivity contribution is 6.19. The maximum atomic E-state index is 9.16. The normalized spacial score (nSPS) is 15.1. The molecule has 0 amide bonds. The molecule has 2 aromatic rings. The van der Waals surface area contributed by atoms with Crippen molar-refractivity contribution in [3.8, 4) is 0 Å². The summed E-state index contributed by atoms with van der Waals surface area (Å²) < 4.78 is 1.77. The highest BCUT2D eigenvalue weighted by Crippen LogP contribution is 2.20. The molecule has 2 heterocycles. The highest BCUT2D eigenvalue weighted by Gasteiger charge is 2.16. The predicted octanol–water partition coefficient (Wildman–Crippen LogP) is 1.79. The van der Waals surface area contributed by atoms with Gasteiger partial charge in [-0.25, -0.2) is 9.50 Å². The molecule has 0 aliphatic heterocycles. The van der Waals surface area contributed by atoms with E-state index in [-0.39, 0.29) is 5.92 Å². The summed E-state index contributed by atoms with van der Waals surface area (Å²) in [6.45, 7) is 5.77. The van der Waals surface area contributed by atoms with Crippen LogP contribution in [0.4, 0.5) is 0 Å². The van der Waals surface area contributed by atoms with Crippen LogP contribution in [0.2, 0.25) is 0 Å². The standard InChI is InChI=1S/C11H15ClN4O/c1-6(4-9(12)17)10-14-11-8(3)13-5-7(2)16(11)15-10/h5-6,9,17H,4H2,1-3H3. The van der Waals surface area contributed by atoms with Gasteiger partial charge in [0.15, 0.2) is 11.5 Å². The van der Waals surface area contributed by atoms with Gasteiger partial charge in [-0.15, -0.1) is 0 Å². The van der Waals surface area contributed by atoms with Crippen LogP contribution in [0.15, 0.2) is 6.20 Å². The number of aliphatic hydroxyl groups is 1. The second-order valence-electron chi connectivity index (χ2n) is 4.26. The molecule has 0 aliphatic carbocycles. The van der Waals surface area contributed by atoms with Crippen molar-refractivity contribution >= 4 is 17.2 Å². The second-order valence-corrected chi connectivity index (χ2v) is 4.77. The fourth-order valence-electron chi connectivity index (χ4n) is 1.72. The van der Waals surface area contributed by atoms with E-state index in [0.29, 0.717) is 12.2 Å². The van der Waals surface area contributed by atoms with Gasteiger partial charge in [0.05, 0.1) is 11.4 Å². The maximum Gasteiger partial charge on any atom is 0.177 e. The van der Waals surface area contributed by atoms with Crippen LogP contribution in [-0.4, -0.2) is 30.3 Å². The molecule has 0 fully saturated rings. The van der Waals surface area contributed by atoms with Crippen molar-refractivity contribution in [3.05, 3.63) is 23.4 Å². The van der Waals surface area contributed by atoms with E-state index in [1.54, 1.807) is 10.7 Å². The summed E-state index contributed by atoms with van der Waals surface area (Å²) in [5, 5.41) is 13.6. The Morgan fingerprint density at radius 1 is 1.47 bits per heavy atom. The van der Waals surface area contributed by atoms with Gasteiger partial charge in [-0.2, -0.15) is 5.10 Å². The number of fused-ring (bicyclic) bond motifs is 1. The van der Waals surface area contributed by atoms with Gasteiger partial charge in [-0.3, -0.25) is 4.98 Å². The summed E-state index contributed by atoms with van der Waals surface area (Å²) in [5.41, 5.74) is 1.67. The van der Waals surface area contributed by atoms with Crippen LogP contribution in [0.5, 0.6) is 0 Å². The quantitative estimate of drug-likeness (QED) is 0.849. The SMILES string of the molecule is Cc1ncc(C)n2nc(C(C)CC(O)Cl)nc12. The van der Waals surface area contributed by atoms with E-state index in [1.807, 2.05) is 20.8 Å². The summed E-state index contributed by atoms with van der Waals surface area (Å²) in [6, 6.07) is 0. The lowest BCUT2D eigenvalue weighted by molar-refractivity contribution is 0.235. The fraction of sp³-hybridized carbons (Fsp3) is 0.545. The zero-order valence-corrected chi connectivity index (χ0v) is 10.8. The molecule has 2 rings (SSSR count). The monoisotopic (exact) mass is 254 g/mol. The number of aromatic nitrogens is 4. The van der Waals surface area contributed by atoms with E-state index in [2.05, 4.69) is 15.1 Å². The summed E-state index contributed by atoms with van der Waals surface area (Å²) in [4.78, 5) is 8.69. The van der Waals surface area contributed by atoms with Gasteiger partial charge in [0.2, 0.25) is 0 Å². The highest BCUT2D eigenvalue weighted by atomic mass is 35.5. The van der Waals surface area contributed by atoms with Crippen molar-refractivity contribution in [3.63, 3.8) is 0 Å². The van der Waals surface area contributed by atoms with Gasteiger partial charge in [-0.05, 0) is 20.3 Å². The largest absolute Gasteiger partial charge is 0.378 e. The number of alkyl halides is 1. The Balaban J connectivity index is 2.44. The van der Waals surface area contributed by atoms with Crippen molar-refractivity contribution in [2.75, 3.05) is 0 Å².